The summed E-state index contributed by atoms with van der Waals surface area (Å²) in [7, 11) is -0.940. The minimum atomic E-state index is -4.64. The monoisotopic (exact) mass is 516 g/mol. The van der Waals surface area contributed by atoms with Crippen molar-refractivity contribution in [2.24, 2.45) is 0 Å². The third kappa shape index (κ3) is 7.26. The van der Waals surface area contributed by atoms with E-state index < -0.39 is 36.2 Å². The molecule has 0 unspecified atom stereocenters. The second-order valence-electron chi connectivity index (χ2n) is 10.1. The van der Waals surface area contributed by atoms with Crippen molar-refractivity contribution < 1.29 is 27.3 Å². The molecule has 196 valence electrons. The molecule has 0 aliphatic rings. The number of aromatic nitrogens is 2. The van der Waals surface area contributed by atoms with Crippen LogP contribution in [-0.2, 0) is 22.0 Å². The van der Waals surface area contributed by atoms with Crippen LogP contribution >= 0.6 is 7.14 Å². The molecule has 0 saturated carbocycles. The average molecular weight is 517 g/mol. The number of benzene rings is 1. The van der Waals surface area contributed by atoms with Gasteiger partial charge in [-0.25, -0.2) is 4.79 Å². The molecule has 2 rings (SSSR count). The summed E-state index contributed by atoms with van der Waals surface area (Å²) >= 11 is 0. The molecule has 1 aromatic carbocycles. The molecule has 0 spiro atoms. The zero-order valence-electron chi connectivity index (χ0n) is 21.6. The number of hydrogen-bond donors (Lipinski definition) is 2. The van der Waals surface area contributed by atoms with Crippen LogP contribution in [0.5, 0.6) is 0 Å². The van der Waals surface area contributed by atoms with Gasteiger partial charge in [-0.3, -0.25) is 4.68 Å². The third-order valence-electron chi connectivity index (χ3n) is 5.48. The maximum Gasteiger partial charge on any atom is 0.435 e. The van der Waals surface area contributed by atoms with Crippen molar-refractivity contribution in [2.75, 3.05) is 24.7 Å². The molecule has 1 amide bonds. The van der Waals surface area contributed by atoms with Crippen molar-refractivity contribution in [3.8, 4) is 11.3 Å². The van der Waals surface area contributed by atoms with Crippen LogP contribution in [0.4, 0.5) is 23.7 Å². The maximum absolute atomic E-state index is 13.6. The fourth-order valence-electron chi connectivity index (χ4n) is 3.72. The smallest absolute Gasteiger partial charge is 0.435 e. The van der Waals surface area contributed by atoms with Crippen LogP contribution in [-0.4, -0.2) is 46.4 Å². The first-order chi connectivity index (χ1) is 15.9. The molecule has 0 fully saturated rings. The van der Waals surface area contributed by atoms with Gasteiger partial charge in [-0.2, -0.15) is 18.3 Å². The molecule has 2 N–H and O–H groups in total. The number of alkyl carbamates (subject to hydrolysis) is 1. The van der Waals surface area contributed by atoms with Crippen molar-refractivity contribution in [1.29, 1.82) is 0 Å². The van der Waals surface area contributed by atoms with Gasteiger partial charge in [0.05, 0.1) is 17.8 Å². The Morgan fingerprint density at radius 3 is 2.17 bits per heavy atom. The van der Waals surface area contributed by atoms with Crippen LogP contribution in [0.3, 0.4) is 0 Å². The van der Waals surface area contributed by atoms with Crippen molar-refractivity contribution in [2.45, 2.75) is 72.3 Å². The molecule has 0 atom stereocenters. The number of alkyl halides is 3. The Morgan fingerprint density at radius 1 is 1.09 bits per heavy atom. The minimum absolute atomic E-state index is 0.0449. The molecule has 0 aliphatic heterocycles. The highest BCUT2D eigenvalue weighted by Gasteiger charge is 2.36. The van der Waals surface area contributed by atoms with Gasteiger partial charge < -0.3 is 19.9 Å². The van der Waals surface area contributed by atoms with Crippen molar-refractivity contribution in [3.63, 3.8) is 0 Å². The largest absolute Gasteiger partial charge is 0.444 e. The average Bonchev–Trinajstić information content (AvgIpc) is 3.14. The highest BCUT2D eigenvalue weighted by molar-refractivity contribution is 7.71. The number of amides is 1. The number of rotatable bonds is 8. The van der Waals surface area contributed by atoms with Gasteiger partial charge in [-0.05, 0) is 52.8 Å². The fraction of sp³-hybridized carbons (Fsp3) is 0.583. The van der Waals surface area contributed by atoms with Crippen molar-refractivity contribution in [1.82, 2.24) is 15.1 Å². The topological polar surface area (TPSA) is 85.2 Å². The first kappa shape index (κ1) is 28.8. The summed E-state index contributed by atoms with van der Waals surface area (Å²) in [6.45, 7) is 12.2. The van der Waals surface area contributed by atoms with E-state index in [2.05, 4.69) is 15.7 Å². The van der Waals surface area contributed by atoms with Gasteiger partial charge >= 0.3 is 12.3 Å². The Kier molecular flexibility index (Phi) is 8.42. The molecular formula is C24H36F3N4O3P. The number of nitrogens with one attached hydrogen (secondary N) is 2. The molecule has 2 aromatic rings. The lowest BCUT2D eigenvalue weighted by Crippen LogP contribution is -2.48. The van der Waals surface area contributed by atoms with Gasteiger partial charge in [0.2, 0.25) is 0 Å². The van der Waals surface area contributed by atoms with E-state index in [1.54, 1.807) is 59.9 Å². The maximum atomic E-state index is 13.6. The highest BCUT2D eigenvalue weighted by Crippen LogP contribution is 2.46. The summed E-state index contributed by atoms with van der Waals surface area (Å²) in [5.74, 6) is 0. The van der Waals surface area contributed by atoms with E-state index in [-0.39, 0.29) is 12.2 Å². The number of hydrogen-bond acceptors (Lipinski definition) is 5. The normalized spacial score (nSPS) is 13.0. The quantitative estimate of drug-likeness (QED) is 0.424. The van der Waals surface area contributed by atoms with E-state index >= 15 is 0 Å². The standard InChI is InChI=1S/C24H36F3N4O3P/c1-9-35(33,10-2)19-12-11-16(13-17(19)28-8)18-14-20(24(25,26)27)30-31(18)15-23(6,7)29-21(32)34-22(3,4)5/h11-14,28H,9-10,15H2,1-8H3,(H,29,32). The lowest BCUT2D eigenvalue weighted by molar-refractivity contribution is -0.141. The number of halogens is 3. The van der Waals surface area contributed by atoms with Gasteiger partial charge in [0, 0.05) is 35.9 Å². The zero-order valence-corrected chi connectivity index (χ0v) is 22.5. The predicted molar refractivity (Wildman–Crippen MR) is 134 cm³/mol. The molecule has 0 aliphatic carbocycles. The third-order valence-corrected chi connectivity index (χ3v) is 8.79. The number of ether oxygens (including phenoxy) is 1. The fourth-order valence-corrected chi connectivity index (χ4v) is 5.81. The van der Waals surface area contributed by atoms with E-state index in [1.807, 2.05) is 13.8 Å². The van der Waals surface area contributed by atoms with Gasteiger partial charge in [0.15, 0.2) is 5.69 Å². The lowest BCUT2D eigenvalue weighted by atomic mass is 10.1. The summed E-state index contributed by atoms with van der Waals surface area (Å²) in [6, 6.07) is 6.05. The molecule has 7 nitrogen and oxygen atoms in total. The molecule has 11 heteroatoms. The molecule has 0 radical (unpaired) electrons. The Balaban J connectivity index is 2.53. The number of nitrogens with zero attached hydrogens (tertiary/aromatic N) is 2. The number of anilines is 1. The van der Waals surface area contributed by atoms with E-state index in [4.69, 9.17) is 4.74 Å². The highest BCUT2D eigenvalue weighted by atomic mass is 31.2. The van der Waals surface area contributed by atoms with Crippen LogP contribution < -0.4 is 15.9 Å². The van der Waals surface area contributed by atoms with Crippen LogP contribution in [0.25, 0.3) is 11.3 Å². The van der Waals surface area contributed by atoms with Gasteiger partial charge in [-0.1, -0.05) is 19.9 Å². The van der Waals surface area contributed by atoms with Crippen LogP contribution in [0.2, 0.25) is 0 Å². The molecular weight excluding hydrogens is 480 g/mol. The van der Waals surface area contributed by atoms with E-state index in [0.717, 1.165) is 6.07 Å². The van der Waals surface area contributed by atoms with Gasteiger partial charge in [0.25, 0.3) is 0 Å². The number of carbonyl (C=O) groups excluding carboxylic acids is 1. The Hall–Kier alpha value is -2.48. The molecule has 0 bridgehead atoms. The summed E-state index contributed by atoms with van der Waals surface area (Å²) in [6.07, 6.45) is -4.35. The van der Waals surface area contributed by atoms with Crippen LogP contribution in [0.15, 0.2) is 24.3 Å². The molecule has 0 saturated heterocycles. The van der Waals surface area contributed by atoms with Crippen LogP contribution in [0, 0.1) is 0 Å². The summed E-state index contributed by atoms with van der Waals surface area (Å²) in [4.78, 5) is 12.3. The Labute approximate surface area is 205 Å². The van der Waals surface area contributed by atoms with E-state index in [1.165, 1.54) is 4.68 Å². The Bertz CT molecular complexity index is 1100. The lowest BCUT2D eigenvalue weighted by Gasteiger charge is -2.29. The van der Waals surface area contributed by atoms with E-state index in [9.17, 15) is 22.5 Å². The summed E-state index contributed by atoms with van der Waals surface area (Å²) in [5, 5.41) is 10.2. The van der Waals surface area contributed by atoms with Gasteiger partial charge in [-0.15, -0.1) is 0 Å². The SMILES string of the molecule is CCP(=O)(CC)c1ccc(-c2cc(C(F)(F)F)nn2CC(C)(C)NC(=O)OC(C)(C)C)cc1NC. The predicted octanol–water partition coefficient (Wildman–Crippen LogP) is 5.94. The summed E-state index contributed by atoms with van der Waals surface area (Å²) in [5.41, 5.74) is -1.43. The second kappa shape index (κ2) is 10.2. The van der Waals surface area contributed by atoms with Crippen molar-refractivity contribution >= 4 is 24.2 Å². The second-order valence-corrected chi connectivity index (χ2v) is 13.6. The van der Waals surface area contributed by atoms with Crippen molar-refractivity contribution in [3.05, 3.63) is 30.0 Å². The van der Waals surface area contributed by atoms with Gasteiger partial charge in [0.1, 0.15) is 12.7 Å². The minimum Gasteiger partial charge on any atom is -0.444 e. The first-order valence-corrected chi connectivity index (χ1v) is 13.6. The molecule has 1 heterocycles. The van der Waals surface area contributed by atoms with Crippen LogP contribution in [0.1, 0.15) is 54.2 Å². The Morgan fingerprint density at radius 2 is 1.69 bits per heavy atom. The zero-order chi connectivity index (χ0) is 26.8. The number of carbonyl (C=O) groups is 1. The van der Waals surface area contributed by atoms with E-state index in [0.29, 0.717) is 28.9 Å². The first-order valence-electron chi connectivity index (χ1n) is 11.5. The molecule has 35 heavy (non-hydrogen) atoms. The molecule has 1 aromatic heterocycles. The summed E-state index contributed by atoms with van der Waals surface area (Å²) < 4.78 is 60.5.